The molecule has 1 fully saturated rings. The van der Waals surface area contributed by atoms with Crippen LogP contribution in [0.15, 0.2) is 108 Å². The first-order chi connectivity index (χ1) is 23.3. The van der Waals surface area contributed by atoms with Gasteiger partial charge in [-0.15, -0.1) is 0 Å². The van der Waals surface area contributed by atoms with Gasteiger partial charge in [0.2, 0.25) is 11.8 Å². The van der Waals surface area contributed by atoms with Crippen LogP contribution in [-0.4, -0.2) is 43.8 Å². The van der Waals surface area contributed by atoms with Gasteiger partial charge in [-0.25, -0.2) is 8.42 Å². The van der Waals surface area contributed by atoms with Gasteiger partial charge in [-0.3, -0.25) is 13.9 Å². The van der Waals surface area contributed by atoms with Gasteiger partial charge >= 0.3 is 6.18 Å². The normalized spacial score (nSPS) is 14.3. The molecule has 0 aliphatic heterocycles. The lowest BCUT2D eigenvalue weighted by atomic mass is 10.0. The number of hydrogen-bond donors (Lipinski definition) is 1. The van der Waals surface area contributed by atoms with Crippen molar-refractivity contribution in [3.63, 3.8) is 0 Å². The minimum atomic E-state index is -4.89. The van der Waals surface area contributed by atoms with Crippen molar-refractivity contribution in [1.29, 1.82) is 0 Å². The third-order valence-electron chi connectivity index (χ3n) is 8.56. The van der Waals surface area contributed by atoms with Gasteiger partial charge < -0.3 is 10.2 Å². The Hall–Kier alpha value is -4.35. The van der Waals surface area contributed by atoms with Crippen molar-refractivity contribution in [3.8, 4) is 0 Å². The third kappa shape index (κ3) is 9.01. The molecule has 49 heavy (non-hydrogen) atoms. The number of hydrogen-bond acceptors (Lipinski definition) is 4. The summed E-state index contributed by atoms with van der Waals surface area (Å²) in [5.41, 5.74) is 0.733. The molecule has 5 rings (SSSR count). The van der Waals surface area contributed by atoms with Crippen molar-refractivity contribution in [1.82, 2.24) is 10.2 Å². The minimum Gasteiger partial charge on any atom is -0.352 e. The van der Waals surface area contributed by atoms with Gasteiger partial charge in [0.25, 0.3) is 10.0 Å². The van der Waals surface area contributed by atoms with Crippen molar-refractivity contribution in [2.24, 2.45) is 0 Å². The Labute approximate surface area is 289 Å². The van der Waals surface area contributed by atoms with Crippen LogP contribution in [0.1, 0.15) is 47.9 Å². The Morgan fingerprint density at radius 1 is 0.878 bits per heavy atom. The van der Waals surface area contributed by atoms with E-state index in [-0.39, 0.29) is 29.8 Å². The Bertz CT molecular complexity index is 1870. The van der Waals surface area contributed by atoms with Crippen LogP contribution in [-0.2, 0) is 38.8 Å². The molecule has 0 spiro atoms. The summed E-state index contributed by atoms with van der Waals surface area (Å²) in [6, 6.07) is 25.2. The summed E-state index contributed by atoms with van der Waals surface area (Å²) in [4.78, 5) is 29.8. The summed E-state index contributed by atoms with van der Waals surface area (Å²) in [6.45, 7) is 0.949. The highest BCUT2D eigenvalue weighted by atomic mass is 35.5. The average molecular weight is 712 g/mol. The monoisotopic (exact) mass is 711 g/mol. The van der Waals surface area contributed by atoms with E-state index in [1.165, 1.54) is 29.2 Å². The summed E-state index contributed by atoms with van der Waals surface area (Å²) >= 11 is 5.89. The zero-order valence-corrected chi connectivity index (χ0v) is 28.4. The number of amides is 2. The number of carbonyl (C=O) groups is 2. The quantitative estimate of drug-likeness (QED) is 0.164. The number of carbonyl (C=O) groups excluding carboxylic acids is 2. The SMILES string of the molecule is Cc1cccc(CN(C(=O)CN(c2ccc(Cl)c(C(F)(F)F)c2)S(=O)(=O)c2ccccc2)[C@@H](Cc2ccccc2)C(=O)NC2CCCC2)c1. The number of aryl methyl sites for hydroxylation is 1. The molecule has 4 aromatic carbocycles. The van der Waals surface area contributed by atoms with Crippen LogP contribution in [0.4, 0.5) is 18.9 Å². The van der Waals surface area contributed by atoms with E-state index >= 15 is 0 Å². The predicted octanol–water partition coefficient (Wildman–Crippen LogP) is 7.56. The molecule has 0 radical (unpaired) electrons. The minimum absolute atomic E-state index is 0.0518. The summed E-state index contributed by atoms with van der Waals surface area (Å²) in [5, 5.41) is 2.48. The van der Waals surface area contributed by atoms with Crippen molar-refractivity contribution in [3.05, 3.63) is 130 Å². The smallest absolute Gasteiger partial charge is 0.352 e. The van der Waals surface area contributed by atoms with Crippen LogP contribution < -0.4 is 9.62 Å². The van der Waals surface area contributed by atoms with E-state index in [2.05, 4.69) is 5.32 Å². The van der Waals surface area contributed by atoms with E-state index in [4.69, 9.17) is 11.6 Å². The van der Waals surface area contributed by atoms with Gasteiger partial charge in [0.1, 0.15) is 12.6 Å². The lowest BCUT2D eigenvalue weighted by Gasteiger charge is -2.34. The largest absolute Gasteiger partial charge is 0.417 e. The van der Waals surface area contributed by atoms with Gasteiger partial charge in [0, 0.05) is 19.0 Å². The first kappa shape index (κ1) is 35.9. The van der Waals surface area contributed by atoms with Crippen LogP contribution >= 0.6 is 11.6 Å². The highest BCUT2D eigenvalue weighted by Gasteiger charge is 2.38. The van der Waals surface area contributed by atoms with Gasteiger partial charge in [0.15, 0.2) is 0 Å². The summed E-state index contributed by atoms with van der Waals surface area (Å²) < 4.78 is 70.8. The second-order valence-electron chi connectivity index (χ2n) is 12.2. The molecule has 4 aromatic rings. The maximum Gasteiger partial charge on any atom is 0.417 e. The Morgan fingerprint density at radius 3 is 2.14 bits per heavy atom. The number of rotatable bonds is 12. The summed E-state index contributed by atoms with van der Waals surface area (Å²) in [5.74, 6) is -1.16. The molecule has 258 valence electrons. The average Bonchev–Trinajstić information content (AvgIpc) is 3.59. The summed E-state index contributed by atoms with van der Waals surface area (Å²) in [7, 11) is -4.59. The van der Waals surface area contributed by atoms with E-state index < -0.39 is 51.0 Å². The highest BCUT2D eigenvalue weighted by Crippen LogP contribution is 2.38. The Balaban J connectivity index is 1.61. The third-order valence-corrected chi connectivity index (χ3v) is 10.7. The molecule has 1 N–H and O–H groups in total. The first-order valence-corrected chi connectivity index (χ1v) is 17.8. The molecular weight excluding hydrogens is 675 g/mol. The van der Waals surface area contributed by atoms with E-state index in [1.807, 2.05) is 55.5 Å². The van der Waals surface area contributed by atoms with Crippen molar-refractivity contribution in [2.75, 3.05) is 10.8 Å². The fourth-order valence-electron chi connectivity index (χ4n) is 6.06. The maximum atomic E-state index is 14.6. The number of nitrogens with one attached hydrogen (secondary N) is 1. The Morgan fingerprint density at radius 2 is 1.51 bits per heavy atom. The highest BCUT2D eigenvalue weighted by molar-refractivity contribution is 7.92. The lowest BCUT2D eigenvalue weighted by Crippen LogP contribution is -2.54. The van der Waals surface area contributed by atoms with Crippen molar-refractivity contribution >= 4 is 39.1 Å². The second kappa shape index (κ2) is 15.5. The van der Waals surface area contributed by atoms with Gasteiger partial charge in [-0.2, -0.15) is 13.2 Å². The number of alkyl halides is 3. The molecule has 0 aromatic heterocycles. The zero-order valence-electron chi connectivity index (χ0n) is 26.9. The molecule has 1 aliphatic rings. The molecule has 0 saturated heterocycles. The molecule has 7 nitrogen and oxygen atoms in total. The zero-order chi connectivity index (χ0) is 35.2. The molecular formula is C37H37ClF3N3O4S. The lowest BCUT2D eigenvalue weighted by molar-refractivity contribution is -0.140. The van der Waals surface area contributed by atoms with Crippen molar-refractivity contribution in [2.45, 2.75) is 68.7 Å². The second-order valence-corrected chi connectivity index (χ2v) is 14.5. The molecule has 0 heterocycles. The standard InChI is InChI=1S/C37H37ClF3N3O4S/c1-26-11-10-14-28(21-26)24-43(34(22-27-12-4-2-5-13-27)36(46)42-29-15-8-9-16-29)35(45)25-44(49(47,48)31-17-6-3-7-18-31)30-19-20-33(38)32(23-30)37(39,40)41/h2-7,10-14,17-21,23,29,34H,8-9,15-16,22,24-25H2,1H3,(H,42,46)/t34-/m0/s1. The van der Waals surface area contributed by atoms with Gasteiger partial charge in [-0.1, -0.05) is 103 Å². The predicted molar refractivity (Wildman–Crippen MR) is 183 cm³/mol. The first-order valence-electron chi connectivity index (χ1n) is 16.0. The molecule has 12 heteroatoms. The van der Waals surface area contributed by atoms with Crippen LogP contribution in [0, 0.1) is 6.92 Å². The van der Waals surface area contributed by atoms with E-state index in [9.17, 15) is 31.2 Å². The fourth-order valence-corrected chi connectivity index (χ4v) is 7.71. The maximum absolute atomic E-state index is 14.6. The number of benzene rings is 4. The molecule has 1 aliphatic carbocycles. The van der Waals surface area contributed by atoms with Crippen LogP contribution in [0.2, 0.25) is 5.02 Å². The summed E-state index contributed by atoms with van der Waals surface area (Å²) in [6.07, 6.45) is -1.23. The van der Waals surface area contributed by atoms with Gasteiger partial charge in [-0.05, 0) is 61.2 Å². The molecule has 1 atom stereocenters. The molecule has 2 amide bonds. The topological polar surface area (TPSA) is 86.8 Å². The number of anilines is 1. The van der Waals surface area contributed by atoms with Gasteiger partial charge in [0.05, 0.1) is 21.2 Å². The van der Waals surface area contributed by atoms with Crippen molar-refractivity contribution < 1.29 is 31.2 Å². The fraction of sp³-hybridized carbons (Fsp3) is 0.297. The van der Waals surface area contributed by atoms with E-state index in [0.29, 0.717) is 15.9 Å². The Kier molecular flexibility index (Phi) is 11.3. The van der Waals surface area contributed by atoms with E-state index in [1.54, 1.807) is 12.1 Å². The van der Waals surface area contributed by atoms with Crippen LogP contribution in [0.3, 0.4) is 0 Å². The molecule has 0 bridgehead atoms. The number of sulfonamides is 1. The van der Waals surface area contributed by atoms with E-state index in [0.717, 1.165) is 48.9 Å². The molecule has 0 unspecified atom stereocenters. The van der Waals surface area contributed by atoms with Crippen LogP contribution in [0.5, 0.6) is 0 Å². The molecule has 1 saturated carbocycles. The van der Waals surface area contributed by atoms with Crippen LogP contribution in [0.25, 0.3) is 0 Å². The number of halogens is 4. The number of nitrogens with zero attached hydrogens (tertiary/aromatic N) is 2.